The molecule has 4 nitrogen and oxygen atoms in total. The van der Waals surface area contributed by atoms with Gasteiger partial charge < -0.3 is 10.4 Å². The third kappa shape index (κ3) is 16.8. The predicted octanol–water partition coefficient (Wildman–Crippen LogP) is 7.56. The van der Waals surface area contributed by atoms with Crippen molar-refractivity contribution in [1.29, 1.82) is 0 Å². The Balaban J connectivity index is -0.000000879. The lowest BCUT2D eigenvalue weighted by Gasteiger charge is -2.18. The number of carbonyl (C=O) groups excluding carboxylic acids is 1. The van der Waals surface area contributed by atoms with Crippen LogP contribution in [0.15, 0.2) is 60.7 Å². The van der Waals surface area contributed by atoms with Crippen LogP contribution in [0, 0.1) is 0 Å². The van der Waals surface area contributed by atoms with Gasteiger partial charge in [-0.05, 0) is 30.5 Å². The minimum absolute atomic E-state index is 0.107. The Bertz CT molecular complexity index is 627. The number of carbonyl (C=O) groups is 2. The van der Waals surface area contributed by atoms with E-state index >= 15 is 0 Å². The van der Waals surface area contributed by atoms with Crippen molar-refractivity contribution in [2.45, 2.75) is 80.6 Å². The van der Waals surface area contributed by atoms with E-state index in [1.807, 2.05) is 104 Å². The van der Waals surface area contributed by atoms with E-state index < -0.39 is 5.97 Å². The van der Waals surface area contributed by atoms with Gasteiger partial charge in [0.25, 0.3) is 5.91 Å². The number of nitrogens with one attached hydrogen (secondary N) is 1. The number of aliphatic carboxylic acids is 1. The fraction of sp³-hybridized carbons (Fsp3) is 0.481. The first kappa shape index (κ1) is 33.0. The Labute approximate surface area is 191 Å². The SMILES string of the molecule is CC.CC.CC.CC.O=C(O)CCCC(CNC(=O)c1ccccc1)c1ccccc1. The monoisotopic (exact) mass is 431 g/mol. The molecule has 0 heterocycles. The molecule has 1 unspecified atom stereocenters. The lowest BCUT2D eigenvalue weighted by Crippen LogP contribution is -2.28. The molecule has 0 aliphatic heterocycles. The molecule has 176 valence electrons. The average molecular weight is 432 g/mol. The molecule has 4 heteroatoms. The second-order valence-corrected chi connectivity index (χ2v) is 5.47. The van der Waals surface area contributed by atoms with Gasteiger partial charge in [-0.15, -0.1) is 0 Å². The van der Waals surface area contributed by atoms with Crippen molar-refractivity contribution in [2.24, 2.45) is 0 Å². The van der Waals surface area contributed by atoms with Crippen LogP contribution >= 0.6 is 0 Å². The molecule has 31 heavy (non-hydrogen) atoms. The number of carboxylic acids is 1. The Hall–Kier alpha value is -2.62. The summed E-state index contributed by atoms with van der Waals surface area (Å²) in [6, 6.07) is 19.0. The molecule has 2 aromatic carbocycles. The summed E-state index contributed by atoms with van der Waals surface area (Å²) in [6.07, 6.45) is 1.47. The second-order valence-electron chi connectivity index (χ2n) is 5.47. The number of hydrogen-bond donors (Lipinski definition) is 2. The van der Waals surface area contributed by atoms with Crippen molar-refractivity contribution in [3.8, 4) is 0 Å². The Morgan fingerprint density at radius 2 is 1.23 bits per heavy atom. The molecular formula is C27H45NO3. The predicted molar refractivity (Wildman–Crippen MR) is 135 cm³/mol. The van der Waals surface area contributed by atoms with Crippen LogP contribution in [0.1, 0.15) is 96.5 Å². The van der Waals surface area contributed by atoms with Crippen LogP contribution in [0.5, 0.6) is 0 Å². The first-order valence-electron chi connectivity index (χ1n) is 11.8. The number of hydrogen-bond acceptors (Lipinski definition) is 2. The third-order valence-corrected chi connectivity index (χ3v) is 3.76. The van der Waals surface area contributed by atoms with Crippen LogP contribution in [0.3, 0.4) is 0 Å². The molecule has 0 aromatic heterocycles. The zero-order valence-corrected chi connectivity index (χ0v) is 20.9. The average Bonchev–Trinajstić information content (AvgIpc) is 2.87. The molecule has 0 spiro atoms. The van der Waals surface area contributed by atoms with E-state index in [9.17, 15) is 9.59 Å². The molecule has 0 radical (unpaired) electrons. The van der Waals surface area contributed by atoms with Gasteiger partial charge in [-0.2, -0.15) is 0 Å². The molecule has 0 saturated carbocycles. The fourth-order valence-corrected chi connectivity index (χ4v) is 2.52. The normalized spacial score (nSPS) is 9.42. The van der Waals surface area contributed by atoms with E-state index in [1.165, 1.54) is 0 Å². The maximum absolute atomic E-state index is 12.2. The molecule has 2 rings (SSSR count). The van der Waals surface area contributed by atoms with Gasteiger partial charge in [0.15, 0.2) is 0 Å². The highest BCUT2D eigenvalue weighted by Gasteiger charge is 2.14. The molecule has 2 aromatic rings. The second kappa shape index (κ2) is 25.4. The van der Waals surface area contributed by atoms with Gasteiger partial charge in [0, 0.05) is 24.4 Å². The number of benzene rings is 2. The zero-order valence-electron chi connectivity index (χ0n) is 20.9. The third-order valence-electron chi connectivity index (χ3n) is 3.76. The zero-order chi connectivity index (χ0) is 24.5. The summed E-state index contributed by atoms with van der Waals surface area (Å²) in [5.74, 6) is -0.780. The molecule has 0 aliphatic rings. The number of carboxylic acid groups (broad SMARTS) is 1. The van der Waals surface area contributed by atoms with Gasteiger partial charge in [-0.25, -0.2) is 0 Å². The summed E-state index contributed by atoms with van der Waals surface area (Å²) in [4.78, 5) is 22.9. The lowest BCUT2D eigenvalue weighted by atomic mass is 9.93. The van der Waals surface area contributed by atoms with Gasteiger partial charge in [-0.3, -0.25) is 9.59 Å². The highest BCUT2D eigenvalue weighted by molar-refractivity contribution is 5.94. The topological polar surface area (TPSA) is 66.4 Å². The minimum atomic E-state index is -0.787. The van der Waals surface area contributed by atoms with Gasteiger partial charge >= 0.3 is 5.97 Å². The highest BCUT2D eigenvalue weighted by Crippen LogP contribution is 2.21. The van der Waals surface area contributed by atoms with Crippen LogP contribution in [-0.4, -0.2) is 23.5 Å². The number of amides is 1. The van der Waals surface area contributed by atoms with Crippen LogP contribution in [0.25, 0.3) is 0 Å². The highest BCUT2D eigenvalue weighted by atomic mass is 16.4. The molecular weight excluding hydrogens is 386 g/mol. The fourth-order valence-electron chi connectivity index (χ4n) is 2.52. The quantitative estimate of drug-likeness (QED) is 0.453. The summed E-state index contributed by atoms with van der Waals surface area (Å²) in [7, 11) is 0. The maximum Gasteiger partial charge on any atom is 0.303 e. The van der Waals surface area contributed by atoms with Crippen LogP contribution < -0.4 is 5.32 Å². The van der Waals surface area contributed by atoms with E-state index in [0.717, 1.165) is 12.0 Å². The van der Waals surface area contributed by atoms with Crippen molar-refractivity contribution in [3.63, 3.8) is 0 Å². The summed E-state index contributed by atoms with van der Waals surface area (Å²) in [6.45, 7) is 16.5. The van der Waals surface area contributed by atoms with E-state index in [2.05, 4.69) is 5.32 Å². The minimum Gasteiger partial charge on any atom is -0.481 e. The largest absolute Gasteiger partial charge is 0.481 e. The standard InChI is InChI=1S/C19H21NO3.4C2H6/c21-18(22)13-7-12-17(15-8-3-1-4-9-15)14-20-19(23)16-10-5-2-6-11-16;4*1-2/h1-6,8-11,17H,7,12-14H2,(H,20,23)(H,21,22);4*1-2H3. The Morgan fingerprint density at radius 3 is 1.68 bits per heavy atom. The van der Waals surface area contributed by atoms with E-state index in [0.29, 0.717) is 18.5 Å². The van der Waals surface area contributed by atoms with Crippen molar-refractivity contribution in [3.05, 3.63) is 71.8 Å². The summed E-state index contributed by atoms with van der Waals surface area (Å²) in [5.41, 5.74) is 1.75. The lowest BCUT2D eigenvalue weighted by molar-refractivity contribution is -0.137. The van der Waals surface area contributed by atoms with Gasteiger partial charge in [0.1, 0.15) is 0 Å². The molecule has 0 saturated heterocycles. The molecule has 1 atom stereocenters. The first-order valence-corrected chi connectivity index (χ1v) is 11.8. The van der Waals surface area contributed by atoms with Gasteiger partial charge in [0.2, 0.25) is 0 Å². The van der Waals surface area contributed by atoms with Crippen LogP contribution in [-0.2, 0) is 4.79 Å². The first-order chi connectivity index (χ1) is 15.2. The van der Waals surface area contributed by atoms with Crippen LogP contribution in [0.2, 0.25) is 0 Å². The maximum atomic E-state index is 12.2. The molecule has 0 fully saturated rings. The van der Waals surface area contributed by atoms with Gasteiger partial charge in [-0.1, -0.05) is 104 Å². The molecule has 1 amide bonds. The van der Waals surface area contributed by atoms with E-state index in [4.69, 9.17) is 5.11 Å². The Kier molecular flexibility index (Phi) is 27.1. The summed E-state index contributed by atoms with van der Waals surface area (Å²) >= 11 is 0. The molecule has 0 bridgehead atoms. The summed E-state index contributed by atoms with van der Waals surface area (Å²) in [5, 5.41) is 11.7. The molecule has 2 N–H and O–H groups in total. The van der Waals surface area contributed by atoms with Crippen molar-refractivity contribution in [2.75, 3.05) is 6.54 Å². The van der Waals surface area contributed by atoms with Crippen molar-refractivity contribution < 1.29 is 14.7 Å². The number of rotatable bonds is 8. The Morgan fingerprint density at radius 1 is 0.774 bits per heavy atom. The summed E-state index contributed by atoms with van der Waals surface area (Å²) < 4.78 is 0. The smallest absolute Gasteiger partial charge is 0.303 e. The van der Waals surface area contributed by atoms with Crippen molar-refractivity contribution in [1.82, 2.24) is 5.32 Å². The van der Waals surface area contributed by atoms with E-state index in [1.54, 1.807) is 12.1 Å². The molecule has 0 aliphatic carbocycles. The van der Waals surface area contributed by atoms with Crippen molar-refractivity contribution >= 4 is 11.9 Å². The van der Waals surface area contributed by atoms with E-state index in [-0.39, 0.29) is 18.2 Å². The van der Waals surface area contributed by atoms with Crippen LogP contribution in [0.4, 0.5) is 0 Å². The van der Waals surface area contributed by atoms with Gasteiger partial charge in [0.05, 0.1) is 0 Å².